The van der Waals surface area contributed by atoms with Crippen molar-refractivity contribution < 1.29 is 4.39 Å². The van der Waals surface area contributed by atoms with Gasteiger partial charge in [0.1, 0.15) is 23.8 Å². The number of anilines is 2. The molecular weight excluding hydrogens is 307 g/mol. The third kappa shape index (κ3) is 3.68. The first kappa shape index (κ1) is 16.3. The smallest absolute Gasteiger partial charge is 0.143 e. The van der Waals surface area contributed by atoms with Crippen molar-refractivity contribution in [3.05, 3.63) is 47.5 Å². The van der Waals surface area contributed by atoms with E-state index in [2.05, 4.69) is 32.1 Å². The summed E-state index contributed by atoms with van der Waals surface area (Å²) in [6.45, 7) is 4.12. The number of aromatic nitrogens is 2. The van der Waals surface area contributed by atoms with E-state index in [9.17, 15) is 4.39 Å². The zero-order valence-corrected chi connectivity index (χ0v) is 13.7. The molecule has 1 fully saturated rings. The third-order valence-corrected chi connectivity index (χ3v) is 4.16. The summed E-state index contributed by atoms with van der Waals surface area (Å²) >= 11 is 0. The molecule has 0 amide bonds. The second kappa shape index (κ2) is 7.35. The quantitative estimate of drug-likeness (QED) is 0.822. The second-order valence-corrected chi connectivity index (χ2v) is 5.88. The molecule has 0 atom stereocenters. The van der Waals surface area contributed by atoms with Crippen LogP contribution in [0.1, 0.15) is 11.1 Å². The van der Waals surface area contributed by atoms with Gasteiger partial charge in [0.2, 0.25) is 0 Å². The van der Waals surface area contributed by atoms with Crippen molar-refractivity contribution in [1.29, 1.82) is 5.41 Å². The lowest BCUT2D eigenvalue weighted by atomic mass is 10.2. The number of likely N-dealkylation sites (N-methyl/N-ethyl adjacent to an activating group) is 1. The summed E-state index contributed by atoms with van der Waals surface area (Å²) < 4.78 is 13.3. The Balaban J connectivity index is 1.78. The molecule has 3 rings (SSSR count). The maximum absolute atomic E-state index is 13.3. The highest BCUT2D eigenvalue weighted by Crippen LogP contribution is 2.23. The molecule has 1 aromatic heterocycles. The Morgan fingerprint density at radius 3 is 2.75 bits per heavy atom. The van der Waals surface area contributed by atoms with E-state index in [-0.39, 0.29) is 5.82 Å². The molecule has 1 aliphatic heterocycles. The van der Waals surface area contributed by atoms with Gasteiger partial charge < -0.3 is 20.5 Å². The lowest BCUT2D eigenvalue weighted by Crippen LogP contribution is -2.45. The van der Waals surface area contributed by atoms with E-state index in [4.69, 9.17) is 5.41 Å². The number of nitrogens with one attached hydrogen (secondary N) is 2. The summed E-state index contributed by atoms with van der Waals surface area (Å²) in [5.74, 6) is 1.11. The standard InChI is InChI=1S/C17H21FN6/c1-23-5-7-24(8-6-23)17-15(10-19)16(21-12-22-17)20-11-13-3-2-4-14(18)9-13/h2-4,9-10,12,19H,5-8,11H2,1H3,(H,20,21,22). The minimum absolute atomic E-state index is 0.262. The number of benzene rings is 1. The first-order chi connectivity index (χ1) is 11.7. The molecule has 2 heterocycles. The van der Waals surface area contributed by atoms with Gasteiger partial charge in [-0.25, -0.2) is 14.4 Å². The Morgan fingerprint density at radius 1 is 1.25 bits per heavy atom. The summed E-state index contributed by atoms with van der Waals surface area (Å²) in [5.41, 5.74) is 1.49. The Labute approximate surface area is 140 Å². The van der Waals surface area contributed by atoms with E-state index in [1.54, 1.807) is 6.07 Å². The average molecular weight is 328 g/mol. The summed E-state index contributed by atoms with van der Waals surface area (Å²) in [4.78, 5) is 13.1. The third-order valence-electron chi connectivity index (χ3n) is 4.16. The normalized spacial score (nSPS) is 15.3. The number of halogens is 1. The second-order valence-electron chi connectivity index (χ2n) is 5.88. The molecule has 1 saturated heterocycles. The molecule has 6 nitrogen and oxygen atoms in total. The molecule has 1 aromatic carbocycles. The summed E-state index contributed by atoms with van der Waals surface area (Å²) in [7, 11) is 2.10. The van der Waals surface area contributed by atoms with Crippen LogP contribution in [0.2, 0.25) is 0 Å². The molecular formula is C17H21FN6. The van der Waals surface area contributed by atoms with Gasteiger partial charge in [0.25, 0.3) is 0 Å². The summed E-state index contributed by atoms with van der Waals surface area (Å²) in [6.07, 6.45) is 2.79. The molecule has 0 spiro atoms. The van der Waals surface area contributed by atoms with Crippen LogP contribution in [0.3, 0.4) is 0 Å². The first-order valence-electron chi connectivity index (χ1n) is 7.94. The van der Waals surface area contributed by atoms with Gasteiger partial charge >= 0.3 is 0 Å². The fourth-order valence-electron chi connectivity index (χ4n) is 2.76. The lowest BCUT2D eigenvalue weighted by Gasteiger charge is -2.34. The van der Waals surface area contributed by atoms with E-state index in [1.807, 2.05) is 6.07 Å². The zero-order chi connectivity index (χ0) is 16.9. The van der Waals surface area contributed by atoms with Gasteiger partial charge in [0.15, 0.2) is 0 Å². The maximum atomic E-state index is 13.3. The maximum Gasteiger partial charge on any atom is 0.143 e. The highest BCUT2D eigenvalue weighted by Gasteiger charge is 2.19. The van der Waals surface area contributed by atoms with E-state index in [0.717, 1.165) is 37.6 Å². The van der Waals surface area contributed by atoms with E-state index >= 15 is 0 Å². The van der Waals surface area contributed by atoms with Crippen LogP contribution in [0.15, 0.2) is 30.6 Å². The Bertz CT molecular complexity index is 712. The van der Waals surface area contributed by atoms with Crippen molar-refractivity contribution >= 4 is 17.9 Å². The minimum Gasteiger partial charge on any atom is -0.365 e. The van der Waals surface area contributed by atoms with Gasteiger partial charge in [-0.05, 0) is 24.7 Å². The minimum atomic E-state index is -0.262. The molecule has 0 radical (unpaired) electrons. The largest absolute Gasteiger partial charge is 0.365 e. The zero-order valence-electron chi connectivity index (χ0n) is 13.7. The van der Waals surface area contributed by atoms with Crippen LogP contribution in [0.5, 0.6) is 0 Å². The number of hydrogen-bond acceptors (Lipinski definition) is 6. The summed E-state index contributed by atoms with van der Waals surface area (Å²) in [6, 6.07) is 6.44. The van der Waals surface area contributed by atoms with Crippen LogP contribution < -0.4 is 10.2 Å². The van der Waals surface area contributed by atoms with Gasteiger partial charge in [-0.15, -0.1) is 0 Å². The van der Waals surface area contributed by atoms with Gasteiger partial charge in [0.05, 0.1) is 5.56 Å². The van der Waals surface area contributed by atoms with Crippen LogP contribution >= 0.6 is 0 Å². The Morgan fingerprint density at radius 2 is 2.04 bits per heavy atom. The average Bonchev–Trinajstić information content (AvgIpc) is 2.60. The van der Waals surface area contributed by atoms with Crippen molar-refractivity contribution in [2.24, 2.45) is 0 Å². The van der Waals surface area contributed by atoms with Crippen LogP contribution in [0.25, 0.3) is 0 Å². The predicted molar refractivity (Wildman–Crippen MR) is 93.4 cm³/mol. The summed E-state index contributed by atoms with van der Waals surface area (Å²) in [5, 5.41) is 10.9. The molecule has 24 heavy (non-hydrogen) atoms. The molecule has 2 N–H and O–H groups in total. The highest BCUT2D eigenvalue weighted by atomic mass is 19.1. The fourth-order valence-corrected chi connectivity index (χ4v) is 2.76. The van der Waals surface area contributed by atoms with Crippen molar-refractivity contribution in [1.82, 2.24) is 14.9 Å². The fraction of sp³-hybridized carbons (Fsp3) is 0.353. The lowest BCUT2D eigenvalue weighted by molar-refractivity contribution is 0.312. The molecule has 0 saturated carbocycles. The molecule has 0 unspecified atom stereocenters. The number of piperazine rings is 1. The molecule has 7 heteroatoms. The van der Waals surface area contributed by atoms with Crippen LogP contribution in [-0.2, 0) is 6.54 Å². The van der Waals surface area contributed by atoms with Crippen molar-refractivity contribution in [2.75, 3.05) is 43.4 Å². The number of hydrogen-bond donors (Lipinski definition) is 2. The molecule has 0 aliphatic carbocycles. The van der Waals surface area contributed by atoms with Crippen LogP contribution in [0.4, 0.5) is 16.0 Å². The molecule has 126 valence electrons. The van der Waals surface area contributed by atoms with E-state index in [1.165, 1.54) is 24.7 Å². The van der Waals surface area contributed by atoms with Crippen molar-refractivity contribution in [3.63, 3.8) is 0 Å². The highest BCUT2D eigenvalue weighted by molar-refractivity contribution is 5.91. The monoisotopic (exact) mass is 328 g/mol. The molecule has 1 aliphatic rings. The topological polar surface area (TPSA) is 68.1 Å². The van der Waals surface area contributed by atoms with Gasteiger partial charge in [-0.3, -0.25) is 0 Å². The number of rotatable bonds is 5. The molecule has 0 bridgehead atoms. The number of nitrogens with zero attached hydrogens (tertiary/aromatic N) is 4. The van der Waals surface area contributed by atoms with Gasteiger partial charge in [-0.2, -0.15) is 0 Å². The van der Waals surface area contributed by atoms with Crippen LogP contribution in [0, 0.1) is 11.2 Å². The predicted octanol–water partition coefficient (Wildman–Crippen LogP) is 1.98. The van der Waals surface area contributed by atoms with E-state index < -0.39 is 0 Å². The van der Waals surface area contributed by atoms with Crippen molar-refractivity contribution in [2.45, 2.75) is 6.54 Å². The van der Waals surface area contributed by atoms with Crippen LogP contribution in [-0.4, -0.2) is 54.3 Å². The molecule has 2 aromatic rings. The first-order valence-corrected chi connectivity index (χ1v) is 7.94. The van der Waals surface area contributed by atoms with Gasteiger partial charge in [-0.1, -0.05) is 12.1 Å². The SMILES string of the molecule is CN1CCN(c2ncnc(NCc3cccc(F)c3)c2C=N)CC1. The Hall–Kier alpha value is -2.54. The van der Waals surface area contributed by atoms with E-state index in [0.29, 0.717) is 17.9 Å². The Kier molecular flexibility index (Phi) is 5.00. The van der Waals surface area contributed by atoms with Crippen molar-refractivity contribution in [3.8, 4) is 0 Å². The van der Waals surface area contributed by atoms with Gasteiger partial charge in [0, 0.05) is 38.9 Å².